The maximum atomic E-state index is 12.5. The van der Waals surface area contributed by atoms with Crippen LogP contribution in [-0.4, -0.2) is 48.0 Å². The Morgan fingerprint density at radius 1 is 1.10 bits per heavy atom. The number of aromatic amines is 1. The third-order valence-corrected chi connectivity index (χ3v) is 4.71. The number of carbonyl (C=O) groups excluding carboxylic acids is 3. The number of amides is 2. The van der Waals surface area contributed by atoms with Gasteiger partial charge in [-0.15, -0.1) is 0 Å². The number of esters is 1. The normalized spacial score (nSPS) is 14.3. The Morgan fingerprint density at radius 3 is 2.45 bits per heavy atom. The Labute approximate surface area is 170 Å². The predicted octanol–water partition coefficient (Wildman–Crippen LogP) is 1.25. The average Bonchev–Trinajstić information content (AvgIpc) is 3.09. The van der Waals surface area contributed by atoms with E-state index in [1.165, 1.54) is 7.11 Å². The van der Waals surface area contributed by atoms with Crippen molar-refractivity contribution in [2.24, 2.45) is 11.7 Å². The molecule has 8 nitrogen and oxygen atoms in total. The number of fused-ring (bicyclic) bond motifs is 1. The summed E-state index contributed by atoms with van der Waals surface area (Å²) in [6.45, 7) is 5.43. The lowest BCUT2D eigenvalue weighted by molar-refractivity contribution is -0.145. The third kappa shape index (κ3) is 6.05. The van der Waals surface area contributed by atoms with Gasteiger partial charge in [0.15, 0.2) is 0 Å². The van der Waals surface area contributed by atoms with E-state index >= 15 is 0 Å². The summed E-state index contributed by atoms with van der Waals surface area (Å²) in [7, 11) is 1.27. The Morgan fingerprint density at radius 2 is 1.79 bits per heavy atom. The summed E-state index contributed by atoms with van der Waals surface area (Å²) in [6, 6.07) is 5.36. The fourth-order valence-electron chi connectivity index (χ4n) is 3.14. The topological polar surface area (TPSA) is 126 Å². The molecule has 29 heavy (non-hydrogen) atoms. The molecule has 2 aromatic rings. The molecule has 1 aromatic heterocycles. The number of carbonyl (C=O) groups is 3. The zero-order chi connectivity index (χ0) is 21.6. The second kappa shape index (κ2) is 10.1. The van der Waals surface area contributed by atoms with Gasteiger partial charge in [-0.05, 0) is 37.3 Å². The van der Waals surface area contributed by atoms with Crippen molar-refractivity contribution in [1.82, 2.24) is 15.6 Å². The second-order valence-corrected chi connectivity index (χ2v) is 7.61. The molecule has 0 bridgehead atoms. The molecule has 0 aliphatic carbocycles. The molecule has 8 heteroatoms. The standard InChI is InChI=1S/C21H30N4O4/c1-12(2)9-18(21(28)29-4)25-19(26)13(3)24-20(27)16(22)10-14-11-23-17-8-6-5-7-15(14)17/h5-8,11-13,16,18,23H,9-10,22H2,1-4H3,(H,24,27)(H,25,26)/t13-,16-,18-/m0/s1. The maximum Gasteiger partial charge on any atom is 0.328 e. The molecule has 2 amide bonds. The first-order valence-corrected chi connectivity index (χ1v) is 9.72. The summed E-state index contributed by atoms with van der Waals surface area (Å²) in [5.74, 6) is -1.22. The van der Waals surface area contributed by atoms with E-state index < -0.39 is 35.9 Å². The summed E-state index contributed by atoms with van der Waals surface area (Å²) < 4.78 is 4.74. The number of nitrogens with one attached hydrogen (secondary N) is 3. The van der Waals surface area contributed by atoms with Crippen molar-refractivity contribution < 1.29 is 19.1 Å². The molecule has 158 valence electrons. The summed E-state index contributed by atoms with van der Waals surface area (Å²) in [4.78, 5) is 39.9. The zero-order valence-corrected chi connectivity index (χ0v) is 17.3. The fraction of sp³-hybridized carbons (Fsp3) is 0.476. The number of benzene rings is 1. The molecule has 0 saturated carbocycles. The minimum Gasteiger partial charge on any atom is -0.467 e. The van der Waals surface area contributed by atoms with E-state index in [-0.39, 0.29) is 5.92 Å². The number of ether oxygens (including phenoxy) is 1. The number of hydrogen-bond donors (Lipinski definition) is 4. The summed E-state index contributed by atoms with van der Waals surface area (Å²) in [6.07, 6.45) is 2.61. The van der Waals surface area contributed by atoms with Gasteiger partial charge in [0.2, 0.25) is 11.8 Å². The lowest BCUT2D eigenvalue weighted by atomic mass is 10.0. The molecule has 0 fully saturated rings. The summed E-state index contributed by atoms with van der Waals surface area (Å²) >= 11 is 0. The number of nitrogens with two attached hydrogens (primary N) is 1. The van der Waals surface area contributed by atoms with Crippen molar-refractivity contribution >= 4 is 28.7 Å². The van der Waals surface area contributed by atoms with E-state index in [0.717, 1.165) is 16.5 Å². The number of para-hydroxylation sites is 1. The largest absolute Gasteiger partial charge is 0.467 e. The van der Waals surface area contributed by atoms with Crippen LogP contribution in [0.3, 0.4) is 0 Å². The highest BCUT2D eigenvalue weighted by atomic mass is 16.5. The maximum absolute atomic E-state index is 12.5. The fourth-order valence-corrected chi connectivity index (χ4v) is 3.14. The average molecular weight is 402 g/mol. The first kappa shape index (κ1) is 22.4. The lowest BCUT2D eigenvalue weighted by Crippen LogP contribution is -2.53. The van der Waals surface area contributed by atoms with E-state index in [1.54, 1.807) is 6.92 Å². The lowest BCUT2D eigenvalue weighted by Gasteiger charge is -2.22. The highest BCUT2D eigenvalue weighted by molar-refractivity contribution is 5.92. The van der Waals surface area contributed by atoms with E-state index in [9.17, 15) is 14.4 Å². The third-order valence-electron chi connectivity index (χ3n) is 4.71. The van der Waals surface area contributed by atoms with Gasteiger partial charge >= 0.3 is 5.97 Å². The first-order valence-electron chi connectivity index (χ1n) is 9.72. The van der Waals surface area contributed by atoms with Crippen molar-refractivity contribution in [3.63, 3.8) is 0 Å². The molecular weight excluding hydrogens is 372 g/mol. The van der Waals surface area contributed by atoms with Gasteiger partial charge in [0, 0.05) is 17.1 Å². The molecular formula is C21H30N4O4. The number of methoxy groups -OCH3 is 1. The molecule has 0 spiro atoms. The van der Waals surface area contributed by atoms with Crippen molar-refractivity contribution in [3.05, 3.63) is 36.0 Å². The molecule has 0 unspecified atom stereocenters. The van der Waals surface area contributed by atoms with Crippen molar-refractivity contribution in [2.45, 2.75) is 51.7 Å². The van der Waals surface area contributed by atoms with Crippen molar-refractivity contribution in [1.29, 1.82) is 0 Å². The van der Waals surface area contributed by atoms with Gasteiger partial charge in [0.05, 0.1) is 13.2 Å². The molecule has 3 atom stereocenters. The van der Waals surface area contributed by atoms with Crippen LogP contribution in [0.2, 0.25) is 0 Å². The summed E-state index contributed by atoms with van der Waals surface area (Å²) in [5.41, 5.74) is 7.96. The Balaban J connectivity index is 1.94. The van der Waals surface area contributed by atoms with Crippen LogP contribution in [0.15, 0.2) is 30.5 Å². The van der Waals surface area contributed by atoms with Crippen LogP contribution in [0.4, 0.5) is 0 Å². The highest BCUT2D eigenvalue weighted by Gasteiger charge is 2.26. The number of rotatable bonds is 9. The minimum atomic E-state index is -0.837. The predicted molar refractivity (Wildman–Crippen MR) is 111 cm³/mol. The SMILES string of the molecule is COC(=O)[C@H](CC(C)C)NC(=O)[C@H](C)NC(=O)[C@@H](N)Cc1c[nH]c2ccccc12. The van der Waals surface area contributed by atoms with Crippen LogP contribution < -0.4 is 16.4 Å². The quantitative estimate of drug-likeness (QED) is 0.470. The van der Waals surface area contributed by atoms with Gasteiger partial charge in [-0.25, -0.2) is 4.79 Å². The molecule has 0 aliphatic heterocycles. The van der Waals surface area contributed by atoms with Gasteiger partial charge < -0.3 is 26.1 Å². The Bertz CT molecular complexity index is 861. The molecule has 0 aliphatic rings. The van der Waals surface area contributed by atoms with E-state index in [0.29, 0.717) is 12.8 Å². The number of aromatic nitrogens is 1. The van der Waals surface area contributed by atoms with E-state index in [2.05, 4.69) is 15.6 Å². The second-order valence-electron chi connectivity index (χ2n) is 7.61. The van der Waals surface area contributed by atoms with E-state index in [1.807, 2.05) is 44.3 Å². The van der Waals surface area contributed by atoms with Crippen LogP contribution in [0, 0.1) is 5.92 Å². The van der Waals surface area contributed by atoms with Gasteiger partial charge in [-0.1, -0.05) is 32.0 Å². The van der Waals surface area contributed by atoms with Crippen LogP contribution in [0.25, 0.3) is 10.9 Å². The summed E-state index contributed by atoms with van der Waals surface area (Å²) in [5, 5.41) is 6.27. The monoisotopic (exact) mass is 402 g/mol. The van der Waals surface area contributed by atoms with Crippen LogP contribution >= 0.6 is 0 Å². The molecule has 5 N–H and O–H groups in total. The number of H-pyrrole nitrogens is 1. The van der Waals surface area contributed by atoms with Gasteiger partial charge in [-0.3, -0.25) is 9.59 Å². The van der Waals surface area contributed by atoms with Gasteiger partial charge in [0.1, 0.15) is 12.1 Å². The van der Waals surface area contributed by atoms with Crippen molar-refractivity contribution in [3.8, 4) is 0 Å². The number of hydrogen-bond acceptors (Lipinski definition) is 5. The van der Waals surface area contributed by atoms with Crippen molar-refractivity contribution in [2.75, 3.05) is 7.11 Å². The smallest absolute Gasteiger partial charge is 0.328 e. The van der Waals surface area contributed by atoms with E-state index in [4.69, 9.17) is 10.5 Å². The van der Waals surface area contributed by atoms with Gasteiger partial charge in [-0.2, -0.15) is 0 Å². The Hall–Kier alpha value is -2.87. The highest BCUT2D eigenvalue weighted by Crippen LogP contribution is 2.18. The molecule has 2 rings (SSSR count). The molecule has 0 radical (unpaired) electrons. The van der Waals surface area contributed by atoms with Crippen LogP contribution in [-0.2, 0) is 25.5 Å². The molecule has 1 aromatic carbocycles. The van der Waals surface area contributed by atoms with Crippen LogP contribution in [0.5, 0.6) is 0 Å². The Kier molecular flexibility index (Phi) is 7.78. The molecule has 1 heterocycles. The molecule has 0 saturated heterocycles. The minimum absolute atomic E-state index is 0.189. The van der Waals surface area contributed by atoms with Crippen LogP contribution in [0.1, 0.15) is 32.8 Å². The zero-order valence-electron chi connectivity index (χ0n) is 17.3. The first-order chi connectivity index (χ1) is 13.7. The van der Waals surface area contributed by atoms with Gasteiger partial charge in [0.25, 0.3) is 0 Å².